The van der Waals surface area contributed by atoms with Gasteiger partial charge < -0.3 is 5.32 Å². The fourth-order valence-electron chi connectivity index (χ4n) is 2.94. The third-order valence-electron chi connectivity index (χ3n) is 4.25. The molecule has 150 valence electrons. The highest BCUT2D eigenvalue weighted by molar-refractivity contribution is 7.99. The van der Waals surface area contributed by atoms with Crippen molar-refractivity contribution < 1.29 is 4.79 Å². The summed E-state index contributed by atoms with van der Waals surface area (Å²) in [5, 5.41) is 12.3. The lowest BCUT2D eigenvalue weighted by molar-refractivity contribution is -0.120. The molecule has 0 atom stereocenters. The van der Waals surface area contributed by atoms with Gasteiger partial charge in [-0.2, -0.15) is 4.98 Å². The molecule has 5 nitrogen and oxygen atoms in total. The number of carbonyl (C=O) groups excluding carboxylic acids is 1. The summed E-state index contributed by atoms with van der Waals surface area (Å²) in [5.41, 5.74) is 2.10. The van der Waals surface area contributed by atoms with E-state index in [0.717, 1.165) is 33.3 Å². The maximum Gasteiger partial charge on any atom is 0.224 e. The maximum absolute atomic E-state index is 12.3. The van der Waals surface area contributed by atoms with Gasteiger partial charge in [0.15, 0.2) is 5.82 Å². The number of thiazole rings is 1. The molecule has 8 heteroatoms. The zero-order valence-corrected chi connectivity index (χ0v) is 18.7. The van der Waals surface area contributed by atoms with Gasteiger partial charge in [-0.3, -0.25) is 4.79 Å². The Kier molecular flexibility index (Phi) is 6.32. The summed E-state index contributed by atoms with van der Waals surface area (Å²) < 4.78 is 1.89. The summed E-state index contributed by atoms with van der Waals surface area (Å²) in [6, 6.07) is 12.3. The minimum absolute atomic E-state index is 0.0404. The molecule has 0 bridgehead atoms. The Morgan fingerprint density at radius 1 is 1.21 bits per heavy atom. The lowest BCUT2D eigenvalue weighted by Crippen LogP contribution is -2.27. The van der Waals surface area contributed by atoms with Gasteiger partial charge in [-0.1, -0.05) is 32.0 Å². The Labute approximate surface area is 182 Å². The lowest BCUT2D eigenvalue weighted by Gasteiger charge is -2.07. The molecule has 4 rings (SSSR count). The predicted molar refractivity (Wildman–Crippen MR) is 122 cm³/mol. The molecule has 1 aromatic carbocycles. The molecule has 0 unspecified atom stereocenters. The highest BCUT2D eigenvalue weighted by atomic mass is 32.2. The number of rotatable bonds is 8. The van der Waals surface area contributed by atoms with Crippen LogP contribution in [-0.4, -0.2) is 32.3 Å². The standard InChI is InChI=1S/C21H22N4OS3/c1-14(2)29-17-7-5-15(6-8-17)12-19(26)22-10-9-16-13-28-21-23-20(24-25(16)21)18-4-3-11-27-18/h3-8,11,13-14H,9-10,12H2,1-2H3,(H,22,26). The number of thioether (sulfide) groups is 1. The summed E-state index contributed by atoms with van der Waals surface area (Å²) in [4.78, 5) is 20.1. The predicted octanol–water partition coefficient (Wildman–Crippen LogP) is 4.92. The summed E-state index contributed by atoms with van der Waals surface area (Å²) in [7, 11) is 0. The second-order valence-corrected chi connectivity index (χ2v) is 10.4. The van der Waals surface area contributed by atoms with Gasteiger partial charge in [-0.25, -0.2) is 4.52 Å². The van der Waals surface area contributed by atoms with Crippen LogP contribution in [0.5, 0.6) is 0 Å². The second kappa shape index (κ2) is 9.11. The molecule has 1 amide bonds. The maximum atomic E-state index is 12.3. The Morgan fingerprint density at radius 2 is 2.03 bits per heavy atom. The molecule has 0 aliphatic carbocycles. The number of hydrogen-bond donors (Lipinski definition) is 1. The summed E-state index contributed by atoms with van der Waals surface area (Å²) in [6.07, 6.45) is 1.13. The molecule has 0 spiro atoms. The van der Waals surface area contributed by atoms with Crippen molar-refractivity contribution in [2.75, 3.05) is 6.54 Å². The van der Waals surface area contributed by atoms with Crippen LogP contribution in [0, 0.1) is 0 Å². The number of amides is 1. The van der Waals surface area contributed by atoms with Gasteiger partial charge in [-0.15, -0.1) is 39.5 Å². The molecule has 4 aromatic rings. The number of benzene rings is 1. The van der Waals surface area contributed by atoms with E-state index in [9.17, 15) is 4.79 Å². The molecule has 0 radical (unpaired) electrons. The van der Waals surface area contributed by atoms with E-state index < -0.39 is 0 Å². The Hall–Kier alpha value is -2.16. The quantitative estimate of drug-likeness (QED) is 0.394. The summed E-state index contributed by atoms with van der Waals surface area (Å²) >= 11 is 5.04. The normalized spacial score (nSPS) is 11.4. The molecule has 0 fully saturated rings. The smallest absolute Gasteiger partial charge is 0.224 e. The number of nitrogens with one attached hydrogen (secondary N) is 1. The molecule has 0 saturated carbocycles. The molecule has 1 N–H and O–H groups in total. The van der Waals surface area contributed by atoms with Crippen molar-refractivity contribution in [2.24, 2.45) is 0 Å². The first-order valence-corrected chi connectivity index (χ1v) is 12.1. The molecule has 0 saturated heterocycles. The van der Waals surface area contributed by atoms with E-state index >= 15 is 0 Å². The third kappa shape index (κ3) is 5.07. The van der Waals surface area contributed by atoms with Crippen LogP contribution >= 0.6 is 34.4 Å². The summed E-state index contributed by atoms with van der Waals surface area (Å²) in [6.45, 7) is 4.94. The largest absolute Gasteiger partial charge is 0.355 e. The van der Waals surface area contributed by atoms with Crippen LogP contribution in [-0.2, 0) is 17.6 Å². The second-order valence-electron chi connectivity index (χ2n) is 6.92. The van der Waals surface area contributed by atoms with Gasteiger partial charge in [0.25, 0.3) is 0 Å². The fourth-order valence-corrected chi connectivity index (χ4v) is 5.29. The van der Waals surface area contributed by atoms with E-state index in [0.29, 0.717) is 18.2 Å². The molecule has 3 aromatic heterocycles. The van der Waals surface area contributed by atoms with Gasteiger partial charge in [-0.05, 0) is 29.1 Å². The van der Waals surface area contributed by atoms with Gasteiger partial charge in [0.1, 0.15) is 0 Å². The SMILES string of the molecule is CC(C)Sc1ccc(CC(=O)NCCc2csc3nc(-c4cccs4)nn23)cc1. The van der Waals surface area contributed by atoms with Gasteiger partial charge in [0.05, 0.1) is 17.0 Å². The highest BCUT2D eigenvalue weighted by Gasteiger charge is 2.12. The van der Waals surface area contributed by atoms with Crippen molar-refractivity contribution in [3.05, 3.63) is 58.4 Å². The monoisotopic (exact) mass is 442 g/mol. The Morgan fingerprint density at radius 3 is 2.76 bits per heavy atom. The Balaban J connectivity index is 1.30. The van der Waals surface area contributed by atoms with Crippen molar-refractivity contribution in [1.82, 2.24) is 19.9 Å². The van der Waals surface area contributed by atoms with E-state index in [1.807, 2.05) is 45.9 Å². The third-order valence-corrected chi connectivity index (χ3v) is 7.00. The van der Waals surface area contributed by atoms with Crippen molar-refractivity contribution in [2.45, 2.75) is 36.8 Å². The average Bonchev–Trinajstić information content (AvgIpc) is 3.40. The van der Waals surface area contributed by atoms with Crippen LogP contribution in [0.15, 0.2) is 52.1 Å². The van der Waals surface area contributed by atoms with Crippen molar-refractivity contribution >= 4 is 45.3 Å². The minimum atomic E-state index is 0.0404. The number of hydrogen-bond acceptors (Lipinski definition) is 6. The van der Waals surface area contributed by atoms with E-state index in [1.54, 1.807) is 22.7 Å². The number of thiophene rings is 1. The molecule has 29 heavy (non-hydrogen) atoms. The van der Waals surface area contributed by atoms with E-state index in [-0.39, 0.29) is 5.91 Å². The average molecular weight is 443 g/mol. The fraction of sp³-hybridized carbons (Fsp3) is 0.286. The van der Waals surface area contributed by atoms with Gasteiger partial charge in [0.2, 0.25) is 10.9 Å². The molecule has 0 aliphatic rings. The minimum Gasteiger partial charge on any atom is -0.355 e. The first-order chi connectivity index (χ1) is 14.1. The first kappa shape index (κ1) is 20.1. The molecular formula is C21H22N4OS3. The lowest BCUT2D eigenvalue weighted by atomic mass is 10.1. The van der Waals surface area contributed by atoms with E-state index in [1.165, 1.54) is 4.90 Å². The highest BCUT2D eigenvalue weighted by Crippen LogP contribution is 2.25. The zero-order valence-electron chi connectivity index (χ0n) is 16.3. The number of nitrogens with zero attached hydrogens (tertiary/aromatic N) is 3. The molecule has 0 aliphatic heterocycles. The number of fused-ring (bicyclic) bond motifs is 1. The van der Waals surface area contributed by atoms with Gasteiger partial charge >= 0.3 is 0 Å². The summed E-state index contributed by atoms with van der Waals surface area (Å²) in [5.74, 6) is 0.801. The zero-order chi connectivity index (χ0) is 20.2. The van der Waals surface area contributed by atoms with Crippen LogP contribution < -0.4 is 5.32 Å². The van der Waals surface area contributed by atoms with E-state index in [4.69, 9.17) is 0 Å². The van der Waals surface area contributed by atoms with E-state index in [2.05, 4.69) is 46.8 Å². The number of carbonyl (C=O) groups is 1. The first-order valence-electron chi connectivity index (χ1n) is 9.48. The molecule has 3 heterocycles. The van der Waals surface area contributed by atoms with Crippen LogP contribution in [0.25, 0.3) is 15.7 Å². The topological polar surface area (TPSA) is 59.3 Å². The van der Waals surface area contributed by atoms with Crippen LogP contribution in [0.3, 0.4) is 0 Å². The van der Waals surface area contributed by atoms with Crippen LogP contribution in [0.4, 0.5) is 0 Å². The van der Waals surface area contributed by atoms with Crippen molar-refractivity contribution in [3.8, 4) is 10.7 Å². The van der Waals surface area contributed by atoms with Gasteiger partial charge in [0, 0.05) is 28.5 Å². The van der Waals surface area contributed by atoms with Crippen LogP contribution in [0.2, 0.25) is 0 Å². The van der Waals surface area contributed by atoms with Crippen molar-refractivity contribution in [1.29, 1.82) is 0 Å². The van der Waals surface area contributed by atoms with Crippen LogP contribution in [0.1, 0.15) is 25.1 Å². The molecular weight excluding hydrogens is 420 g/mol. The Bertz CT molecular complexity index is 1080. The van der Waals surface area contributed by atoms with Crippen molar-refractivity contribution in [3.63, 3.8) is 0 Å². The number of aromatic nitrogens is 3.